The normalized spacial score (nSPS) is 15.0. The highest BCUT2D eigenvalue weighted by atomic mass is 32.1. The Labute approximate surface area is 162 Å². The third kappa shape index (κ3) is 3.39. The van der Waals surface area contributed by atoms with E-state index in [0.29, 0.717) is 0 Å². The molecule has 0 radical (unpaired) electrons. The number of aryl methyl sites for hydroxylation is 1. The van der Waals surface area contributed by atoms with E-state index in [4.69, 9.17) is 5.73 Å². The smallest absolute Gasteiger partial charge is 0.221 e. The van der Waals surface area contributed by atoms with Crippen LogP contribution in [0.1, 0.15) is 28.5 Å². The largest absolute Gasteiger partial charge is 0.373 e. The van der Waals surface area contributed by atoms with E-state index in [0.717, 1.165) is 40.5 Å². The van der Waals surface area contributed by atoms with E-state index in [1.54, 1.807) is 13.1 Å². The molecule has 1 aromatic carbocycles. The van der Waals surface area contributed by atoms with Gasteiger partial charge in [0, 0.05) is 24.0 Å². The maximum atomic E-state index is 10.8. The lowest BCUT2D eigenvalue weighted by molar-refractivity contribution is 0.125. The summed E-state index contributed by atoms with van der Waals surface area (Å²) in [5.74, 6) is 7.21. The third-order valence-corrected chi connectivity index (χ3v) is 5.90. The molecule has 3 N–H and O–H groups in total. The predicted octanol–water partition coefficient (Wildman–Crippen LogP) is 3.38. The first-order chi connectivity index (χ1) is 12.9. The minimum atomic E-state index is -1.17. The minimum absolute atomic E-state index is 0.263. The molecule has 0 bridgehead atoms. The topological polar surface area (TPSA) is 75.3 Å². The second-order valence-electron chi connectivity index (χ2n) is 6.77. The molecule has 0 saturated heterocycles. The number of thiophene rings is 1. The van der Waals surface area contributed by atoms with Crippen LogP contribution < -0.4 is 10.6 Å². The summed E-state index contributed by atoms with van der Waals surface area (Å²) in [6.45, 7) is 4.57. The van der Waals surface area contributed by atoms with Gasteiger partial charge in [-0.25, -0.2) is 4.98 Å². The van der Waals surface area contributed by atoms with E-state index in [9.17, 15) is 5.11 Å². The molecular formula is C21H20N4OS. The number of rotatable bonds is 2. The van der Waals surface area contributed by atoms with Crippen LogP contribution in [0.15, 0.2) is 41.9 Å². The first-order valence-corrected chi connectivity index (χ1v) is 9.61. The second kappa shape index (κ2) is 6.69. The third-order valence-electron chi connectivity index (χ3n) is 4.67. The molecule has 0 spiro atoms. The van der Waals surface area contributed by atoms with Gasteiger partial charge < -0.3 is 15.7 Å². The van der Waals surface area contributed by atoms with E-state index in [-0.39, 0.29) is 5.95 Å². The molecule has 5 nitrogen and oxygen atoms in total. The van der Waals surface area contributed by atoms with Crippen molar-refractivity contribution >= 4 is 28.8 Å². The number of nitrogens with two attached hydrogens (primary N) is 1. The summed E-state index contributed by atoms with van der Waals surface area (Å²) in [6.07, 6.45) is 2.61. The fourth-order valence-corrected chi connectivity index (χ4v) is 4.27. The van der Waals surface area contributed by atoms with Crippen molar-refractivity contribution in [1.82, 2.24) is 9.97 Å². The Morgan fingerprint density at radius 1 is 1.30 bits per heavy atom. The number of nitrogen functional groups attached to an aromatic ring is 1. The van der Waals surface area contributed by atoms with Gasteiger partial charge >= 0.3 is 0 Å². The van der Waals surface area contributed by atoms with Crippen LogP contribution in [0.5, 0.6) is 0 Å². The first kappa shape index (κ1) is 17.5. The number of aromatic nitrogens is 2. The molecule has 4 rings (SSSR count). The minimum Gasteiger partial charge on any atom is -0.373 e. The summed E-state index contributed by atoms with van der Waals surface area (Å²) >= 11 is 1.52. The van der Waals surface area contributed by atoms with Crippen LogP contribution >= 0.6 is 11.3 Å². The van der Waals surface area contributed by atoms with Gasteiger partial charge in [-0.1, -0.05) is 17.9 Å². The highest BCUT2D eigenvalue weighted by Crippen LogP contribution is 2.34. The fraction of sp³-hybridized carbons (Fsp3) is 0.238. The van der Waals surface area contributed by atoms with Crippen LogP contribution in [0.3, 0.4) is 0 Å². The SMILES string of the molecule is Cc1ccsc1C(C)(O)C#Cc1ccc2c(c1)N(c1ccnc(N)n1)CC2. The van der Waals surface area contributed by atoms with Gasteiger partial charge in [-0.2, -0.15) is 4.98 Å². The Bertz CT molecular complexity index is 1060. The van der Waals surface area contributed by atoms with Crippen LogP contribution in [-0.4, -0.2) is 21.6 Å². The monoisotopic (exact) mass is 376 g/mol. The van der Waals surface area contributed by atoms with Crippen molar-refractivity contribution in [1.29, 1.82) is 0 Å². The molecule has 0 saturated carbocycles. The van der Waals surface area contributed by atoms with E-state index in [1.807, 2.05) is 36.6 Å². The number of anilines is 3. The predicted molar refractivity (Wildman–Crippen MR) is 109 cm³/mol. The van der Waals surface area contributed by atoms with E-state index >= 15 is 0 Å². The molecule has 2 aromatic heterocycles. The van der Waals surface area contributed by atoms with Crippen LogP contribution in [0, 0.1) is 18.8 Å². The maximum Gasteiger partial charge on any atom is 0.221 e. The first-order valence-electron chi connectivity index (χ1n) is 8.73. The van der Waals surface area contributed by atoms with Crippen LogP contribution in [-0.2, 0) is 12.0 Å². The van der Waals surface area contributed by atoms with E-state index < -0.39 is 5.60 Å². The number of benzene rings is 1. The molecule has 0 aliphatic carbocycles. The van der Waals surface area contributed by atoms with Gasteiger partial charge in [0.05, 0.1) is 4.88 Å². The van der Waals surface area contributed by atoms with Gasteiger partial charge in [0.25, 0.3) is 0 Å². The molecule has 3 aromatic rings. The molecular weight excluding hydrogens is 356 g/mol. The average molecular weight is 376 g/mol. The molecule has 3 heterocycles. The number of nitrogens with zero attached hydrogens (tertiary/aromatic N) is 3. The summed E-state index contributed by atoms with van der Waals surface area (Å²) in [5, 5.41) is 12.7. The Balaban J connectivity index is 1.66. The second-order valence-corrected chi connectivity index (χ2v) is 7.69. The zero-order valence-corrected chi connectivity index (χ0v) is 16.0. The van der Waals surface area contributed by atoms with Crippen LogP contribution in [0.25, 0.3) is 0 Å². The van der Waals surface area contributed by atoms with Crippen molar-refractivity contribution in [2.24, 2.45) is 0 Å². The number of aliphatic hydroxyl groups is 1. The van der Waals surface area contributed by atoms with Gasteiger partial charge in [-0.15, -0.1) is 11.3 Å². The van der Waals surface area contributed by atoms with Crippen molar-refractivity contribution in [2.75, 3.05) is 17.2 Å². The molecule has 1 aliphatic rings. The lowest BCUT2D eigenvalue weighted by Crippen LogP contribution is -2.18. The molecule has 136 valence electrons. The zero-order chi connectivity index (χ0) is 19.0. The van der Waals surface area contributed by atoms with Crippen LogP contribution in [0.4, 0.5) is 17.5 Å². The van der Waals surface area contributed by atoms with Crippen molar-refractivity contribution in [3.8, 4) is 11.8 Å². The van der Waals surface area contributed by atoms with Gasteiger partial charge in [0.15, 0.2) is 5.60 Å². The summed E-state index contributed by atoms with van der Waals surface area (Å²) < 4.78 is 0. The zero-order valence-electron chi connectivity index (χ0n) is 15.2. The number of hydrogen-bond acceptors (Lipinski definition) is 6. The fourth-order valence-electron chi connectivity index (χ4n) is 3.33. The van der Waals surface area contributed by atoms with Gasteiger partial charge in [-0.05, 0) is 61.0 Å². The molecule has 6 heteroatoms. The lowest BCUT2D eigenvalue weighted by Gasteiger charge is -2.18. The Morgan fingerprint density at radius 2 is 2.15 bits per heavy atom. The molecule has 1 atom stereocenters. The molecule has 0 amide bonds. The van der Waals surface area contributed by atoms with Crippen molar-refractivity contribution in [2.45, 2.75) is 25.9 Å². The van der Waals surface area contributed by atoms with Crippen molar-refractivity contribution in [3.05, 3.63) is 63.5 Å². The lowest BCUT2D eigenvalue weighted by atomic mass is 10.0. The standard InChI is InChI=1S/C21H20N4OS/c1-14-8-12-27-19(14)21(2,26)9-5-15-3-4-16-7-11-25(17(16)13-15)18-6-10-23-20(22)24-18/h3-4,6,8,10,12-13,26H,7,11H2,1-2H3,(H2,22,23,24). The Morgan fingerprint density at radius 3 is 2.89 bits per heavy atom. The Hall–Kier alpha value is -2.88. The quantitative estimate of drug-likeness (QED) is 0.671. The highest BCUT2D eigenvalue weighted by Gasteiger charge is 2.24. The van der Waals surface area contributed by atoms with Crippen molar-refractivity contribution < 1.29 is 5.11 Å². The number of fused-ring (bicyclic) bond motifs is 1. The summed E-state index contributed by atoms with van der Waals surface area (Å²) in [7, 11) is 0. The van der Waals surface area contributed by atoms with Crippen molar-refractivity contribution in [3.63, 3.8) is 0 Å². The summed E-state index contributed by atoms with van der Waals surface area (Å²) in [4.78, 5) is 11.3. The summed E-state index contributed by atoms with van der Waals surface area (Å²) in [5.41, 5.74) is 8.80. The van der Waals surface area contributed by atoms with E-state index in [2.05, 4.69) is 32.8 Å². The molecule has 1 aliphatic heterocycles. The summed E-state index contributed by atoms with van der Waals surface area (Å²) in [6, 6.07) is 9.99. The highest BCUT2D eigenvalue weighted by molar-refractivity contribution is 7.10. The average Bonchev–Trinajstić information content (AvgIpc) is 3.26. The van der Waals surface area contributed by atoms with Crippen LogP contribution in [0.2, 0.25) is 0 Å². The molecule has 0 fully saturated rings. The van der Waals surface area contributed by atoms with Gasteiger partial charge in [0.2, 0.25) is 5.95 Å². The van der Waals surface area contributed by atoms with Gasteiger partial charge in [0.1, 0.15) is 5.82 Å². The molecule has 27 heavy (non-hydrogen) atoms. The molecule has 1 unspecified atom stereocenters. The number of hydrogen-bond donors (Lipinski definition) is 2. The Kier molecular flexibility index (Phi) is 4.34. The van der Waals surface area contributed by atoms with Gasteiger partial charge in [-0.3, -0.25) is 0 Å². The maximum absolute atomic E-state index is 10.8. The van der Waals surface area contributed by atoms with E-state index in [1.165, 1.54) is 16.9 Å².